The van der Waals surface area contributed by atoms with Gasteiger partial charge >= 0.3 is 0 Å². The maximum absolute atomic E-state index is 11.7. The van der Waals surface area contributed by atoms with Crippen molar-refractivity contribution >= 4 is 5.78 Å². The molecule has 0 heterocycles. The van der Waals surface area contributed by atoms with Crippen LogP contribution in [0.2, 0.25) is 0 Å². The molecular weight excluding hydrogens is 172 g/mol. The first-order valence-corrected chi connectivity index (χ1v) is 5.11. The smallest absolute Gasteiger partial charge is 0.182 e. The Kier molecular flexibility index (Phi) is 2.47. The van der Waals surface area contributed by atoms with E-state index in [-0.39, 0.29) is 16.6 Å². The fourth-order valence-electron chi connectivity index (χ4n) is 1.51. The molecule has 0 amide bonds. The lowest BCUT2D eigenvalue weighted by Crippen LogP contribution is -2.14. The van der Waals surface area contributed by atoms with Crippen LogP contribution in [0.3, 0.4) is 0 Å². The summed E-state index contributed by atoms with van der Waals surface area (Å²) in [5.74, 6) is 0.183. The van der Waals surface area contributed by atoms with E-state index in [1.54, 1.807) is 6.08 Å². The number of ketones is 1. The van der Waals surface area contributed by atoms with Crippen LogP contribution in [0, 0.1) is 10.8 Å². The number of carbonyl (C=O) groups excluding carboxylic acids is 1. The van der Waals surface area contributed by atoms with Gasteiger partial charge in [-0.3, -0.25) is 4.79 Å². The largest absolute Gasteiger partial charge is 0.290 e. The molecule has 0 fully saturated rings. The van der Waals surface area contributed by atoms with Crippen molar-refractivity contribution in [2.75, 3.05) is 0 Å². The second-order valence-electron chi connectivity index (χ2n) is 6.02. The van der Waals surface area contributed by atoms with Crippen LogP contribution in [-0.2, 0) is 4.79 Å². The first kappa shape index (κ1) is 11.2. The molecule has 0 radical (unpaired) electrons. The maximum atomic E-state index is 11.7. The van der Waals surface area contributed by atoms with Crippen LogP contribution >= 0.6 is 0 Å². The van der Waals surface area contributed by atoms with Gasteiger partial charge < -0.3 is 0 Å². The molecule has 0 unspecified atom stereocenters. The summed E-state index contributed by atoms with van der Waals surface area (Å²) in [4.78, 5) is 11.7. The molecule has 78 valence electrons. The normalized spacial score (nSPS) is 18.3. The monoisotopic (exact) mass is 192 g/mol. The number of allylic oxidation sites excluding steroid dienone is 4. The van der Waals surface area contributed by atoms with Crippen molar-refractivity contribution in [3.8, 4) is 0 Å². The third kappa shape index (κ3) is 2.14. The Labute approximate surface area is 86.9 Å². The fourth-order valence-corrected chi connectivity index (χ4v) is 1.51. The Hall–Kier alpha value is -0.850. The van der Waals surface area contributed by atoms with Crippen molar-refractivity contribution < 1.29 is 4.79 Å². The van der Waals surface area contributed by atoms with E-state index in [0.29, 0.717) is 0 Å². The lowest BCUT2D eigenvalue weighted by atomic mass is 9.83. The minimum absolute atomic E-state index is 0.0411. The Morgan fingerprint density at radius 2 is 1.36 bits per heavy atom. The van der Waals surface area contributed by atoms with Crippen LogP contribution in [0.15, 0.2) is 23.3 Å². The highest BCUT2D eigenvalue weighted by atomic mass is 16.1. The SMILES string of the molecule is CC(C)(C)C1=CC(=O)C(C(C)(C)C)=C1. The van der Waals surface area contributed by atoms with E-state index < -0.39 is 0 Å². The van der Waals surface area contributed by atoms with Gasteiger partial charge in [0.25, 0.3) is 0 Å². The third-order valence-corrected chi connectivity index (χ3v) is 2.53. The van der Waals surface area contributed by atoms with Crippen LogP contribution < -0.4 is 0 Å². The molecule has 1 nitrogen and oxygen atoms in total. The van der Waals surface area contributed by atoms with Crippen molar-refractivity contribution in [2.45, 2.75) is 41.5 Å². The molecule has 0 spiro atoms. The molecule has 0 bridgehead atoms. The van der Waals surface area contributed by atoms with Crippen molar-refractivity contribution in [3.05, 3.63) is 23.3 Å². The molecule has 0 atom stereocenters. The quantitative estimate of drug-likeness (QED) is 0.574. The minimum Gasteiger partial charge on any atom is -0.290 e. The minimum atomic E-state index is -0.0411. The zero-order valence-electron chi connectivity index (χ0n) is 10.1. The van der Waals surface area contributed by atoms with E-state index in [1.165, 1.54) is 0 Å². The summed E-state index contributed by atoms with van der Waals surface area (Å²) in [6, 6.07) is 0. The summed E-state index contributed by atoms with van der Waals surface area (Å²) in [5.41, 5.74) is 2.11. The van der Waals surface area contributed by atoms with Gasteiger partial charge in [-0.1, -0.05) is 47.6 Å². The topological polar surface area (TPSA) is 17.1 Å². The molecule has 14 heavy (non-hydrogen) atoms. The van der Waals surface area contributed by atoms with Crippen LogP contribution in [0.4, 0.5) is 0 Å². The van der Waals surface area contributed by atoms with Gasteiger partial charge in [-0.15, -0.1) is 0 Å². The highest BCUT2D eigenvalue weighted by Gasteiger charge is 2.30. The van der Waals surface area contributed by atoms with Gasteiger partial charge in [0.05, 0.1) is 0 Å². The molecule has 0 aromatic carbocycles. The molecule has 0 saturated heterocycles. The third-order valence-electron chi connectivity index (χ3n) is 2.53. The number of carbonyl (C=O) groups is 1. The van der Waals surface area contributed by atoms with E-state index in [2.05, 4.69) is 47.6 Å². The molecule has 0 saturated carbocycles. The molecule has 0 aliphatic heterocycles. The summed E-state index contributed by atoms with van der Waals surface area (Å²) in [7, 11) is 0. The van der Waals surface area contributed by atoms with Gasteiger partial charge in [-0.05, 0) is 22.5 Å². The second-order valence-corrected chi connectivity index (χ2v) is 6.02. The molecule has 0 aromatic heterocycles. The second kappa shape index (κ2) is 3.08. The maximum Gasteiger partial charge on any atom is 0.182 e. The zero-order valence-corrected chi connectivity index (χ0v) is 10.1. The average molecular weight is 192 g/mol. The van der Waals surface area contributed by atoms with E-state index in [0.717, 1.165) is 11.1 Å². The van der Waals surface area contributed by atoms with Gasteiger partial charge in [-0.25, -0.2) is 0 Å². The Morgan fingerprint density at radius 1 is 0.857 bits per heavy atom. The van der Waals surface area contributed by atoms with E-state index in [1.807, 2.05) is 0 Å². The van der Waals surface area contributed by atoms with Crippen molar-refractivity contribution in [3.63, 3.8) is 0 Å². The molecule has 1 aliphatic carbocycles. The van der Waals surface area contributed by atoms with Crippen molar-refractivity contribution in [1.29, 1.82) is 0 Å². The predicted octanol–water partition coefficient (Wildman–Crippen LogP) is 3.51. The van der Waals surface area contributed by atoms with Gasteiger partial charge in [-0.2, -0.15) is 0 Å². The zero-order chi connectivity index (χ0) is 11.1. The van der Waals surface area contributed by atoms with Gasteiger partial charge in [0.15, 0.2) is 5.78 Å². The van der Waals surface area contributed by atoms with Crippen LogP contribution in [0.1, 0.15) is 41.5 Å². The standard InChI is InChI=1S/C13H20O/c1-12(2,3)9-7-10(11(14)8-9)13(4,5)6/h7-8H,1-6H3. The van der Waals surface area contributed by atoms with Crippen molar-refractivity contribution in [2.24, 2.45) is 10.8 Å². The first-order valence-electron chi connectivity index (χ1n) is 5.11. The Balaban J connectivity index is 3.06. The highest BCUT2D eigenvalue weighted by molar-refractivity contribution is 6.08. The first-order chi connectivity index (χ1) is 6.12. The molecule has 1 rings (SSSR count). The van der Waals surface area contributed by atoms with Crippen LogP contribution in [-0.4, -0.2) is 5.78 Å². The summed E-state index contributed by atoms with van der Waals surface area (Å²) < 4.78 is 0. The van der Waals surface area contributed by atoms with Gasteiger partial charge in [0.2, 0.25) is 0 Å². The average Bonchev–Trinajstić information content (AvgIpc) is 2.27. The Bertz CT molecular complexity index is 301. The molecular formula is C13H20O. The van der Waals surface area contributed by atoms with E-state index >= 15 is 0 Å². The summed E-state index contributed by atoms with van der Waals surface area (Å²) in [5, 5.41) is 0. The summed E-state index contributed by atoms with van der Waals surface area (Å²) in [6.45, 7) is 12.6. The summed E-state index contributed by atoms with van der Waals surface area (Å²) in [6.07, 6.45) is 3.84. The predicted molar refractivity (Wildman–Crippen MR) is 60.1 cm³/mol. The van der Waals surface area contributed by atoms with Gasteiger partial charge in [0, 0.05) is 5.57 Å². The highest BCUT2D eigenvalue weighted by Crippen LogP contribution is 2.37. The lowest BCUT2D eigenvalue weighted by molar-refractivity contribution is -0.112. The fraction of sp³-hybridized carbons (Fsp3) is 0.615. The summed E-state index contributed by atoms with van der Waals surface area (Å²) >= 11 is 0. The van der Waals surface area contributed by atoms with E-state index in [4.69, 9.17) is 0 Å². The molecule has 0 N–H and O–H groups in total. The molecule has 1 heteroatoms. The molecule has 0 aromatic rings. The van der Waals surface area contributed by atoms with Crippen LogP contribution in [0.25, 0.3) is 0 Å². The number of hydrogen-bond donors (Lipinski definition) is 0. The number of hydrogen-bond acceptors (Lipinski definition) is 1. The van der Waals surface area contributed by atoms with Gasteiger partial charge in [0.1, 0.15) is 0 Å². The lowest BCUT2D eigenvalue weighted by Gasteiger charge is -2.20. The number of rotatable bonds is 0. The van der Waals surface area contributed by atoms with E-state index in [9.17, 15) is 4.79 Å². The van der Waals surface area contributed by atoms with Crippen LogP contribution in [0.5, 0.6) is 0 Å². The van der Waals surface area contributed by atoms with Crippen molar-refractivity contribution in [1.82, 2.24) is 0 Å². The Morgan fingerprint density at radius 3 is 1.57 bits per heavy atom. The molecule has 1 aliphatic rings.